The number of aromatic amines is 1. The molecule has 2 aromatic rings. The zero-order valence-corrected chi connectivity index (χ0v) is 11.2. The van der Waals surface area contributed by atoms with Gasteiger partial charge in [0.25, 0.3) is 5.91 Å². The minimum atomic E-state index is -0.180. The third-order valence-corrected chi connectivity index (χ3v) is 2.96. The molecule has 1 amide bonds. The quantitative estimate of drug-likeness (QED) is 0.752. The highest BCUT2D eigenvalue weighted by molar-refractivity contribution is 9.10. The highest BCUT2D eigenvalue weighted by Crippen LogP contribution is 2.18. The van der Waals surface area contributed by atoms with E-state index in [4.69, 9.17) is 5.73 Å². The van der Waals surface area contributed by atoms with Crippen molar-refractivity contribution in [2.75, 3.05) is 12.3 Å². The summed E-state index contributed by atoms with van der Waals surface area (Å²) in [7, 11) is 0. The van der Waals surface area contributed by atoms with Gasteiger partial charge in [-0.05, 0) is 18.2 Å². The molecule has 18 heavy (non-hydrogen) atoms. The molecule has 0 unspecified atom stereocenters. The fourth-order valence-electron chi connectivity index (χ4n) is 1.55. The largest absolute Gasteiger partial charge is 0.398 e. The maximum Gasteiger partial charge on any atom is 0.253 e. The van der Waals surface area contributed by atoms with Gasteiger partial charge in [0.2, 0.25) is 0 Å². The smallest absolute Gasteiger partial charge is 0.253 e. The van der Waals surface area contributed by atoms with Gasteiger partial charge in [-0.25, -0.2) is 4.98 Å². The minimum Gasteiger partial charge on any atom is -0.398 e. The molecule has 4 N–H and O–H groups in total. The lowest BCUT2D eigenvalue weighted by molar-refractivity contribution is 0.0955. The molecule has 0 fully saturated rings. The number of carbonyl (C=O) groups excluding carboxylic acids is 1. The van der Waals surface area contributed by atoms with E-state index in [9.17, 15) is 4.79 Å². The molecule has 0 aliphatic heterocycles. The average Bonchev–Trinajstić information content (AvgIpc) is 2.85. The lowest BCUT2D eigenvalue weighted by atomic mass is 10.1. The Balaban J connectivity index is 1.93. The van der Waals surface area contributed by atoms with E-state index in [0.717, 1.165) is 10.3 Å². The number of rotatable bonds is 4. The molecule has 0 radical (unpaired) electrons. The molecule has 0 saturated heterocycles. The molecule has 1 aromatic heterocycles. The van der Waals surface area contributed by atoms with Gasteiger partial charge in [0.05, 0.1) is 5.56 Å². The molecule has 0 aliphatic carbocycles. The zero-order valence-electron chi connectivity index (χ0n) is 9.61. The molecule has 0 spiro atoms. The van der Waals surface area contributed by atoms with Crippen molar-refractivity contribution in [3.05, 3.63) is 46.5 Å². The third kappa shape index (κ3) is 3.10. The van der Waals surface area contributed by atoms with E-state index in [1.54, 1.807) is 30.6 Å². The molecular formula is C12H13BrN4O. The Labute approximate surface area is 113 Å². The molecule has 0 saturated carbocycles. The van der Waals surface area contributed by atoms with E-state index < -0.39 is 0 Å². The summed E-state index contributed by atoms with van der Waals surface area (Å²) in [4.78, 5) is 19.0. The first-order valence-electron chi connectivity index (χ1n) is 5.48. The number of amides is 1. The molecule has 94 valence electrons. The van der Waals surface area contributed by atoms with Crippen molar-refractivity contribution < 1.29 is 4.79 Å². The van der Waals surface area contributed by atoms with Gasteiger partial charge in [0.1, 0.15) is 5.82 Å². The van der Waals surface area contributed by atoms with Crippen molar-refractivity contribution in [2.24, 2.45) is 0 Å². The van der Waals surface area contributed by atoms with Gasteiger partial charge >= 0.3 is 0 Å². The van der Waals surface area contributed by atoms with E-state index in [2.05, 4.69) is 31.2 Å². The predicted octanol–water partition coefficient (Wildman–Crippen LogP) is 1.73. The van der Waals surface area contributed by atoms with Crippen LogP contribution in [0.2, 0.25) is 0 Å². The molecule has 2 rings (SSSR count). The van der Waals surface area contributed by atoms with Crippen molar-refractivity contribution >= 4 is 27.5 Å². The lowest BCUT2D eigenvalue weighted by Gasteiger charge is -2.07. The van der Waals surface area contributed by atoms with E-state index in [1.165, 1.54) is 0 Å². The van der Waals surface area contributed by atoms with Gasteiger partial charge in [-0.15, -0.1) is 0 Å². The van der Waals surface area contributed by atoms with Crippen LogP contribution in [0, 0.1) is 0 Å². The Hall–Kier alpha value is -1.82. The number of H-pyrrole nitrogens is 1. The topological polar surface area (TPSA) is 83.8 Å². The zero-order chi connectivity index (χ0) is 13.0. The predicted molar refractivity (Wildman–Crippen MR) is 73.2 cm³/mol. The summed E-state index contributed by atoms with van der Waals surface area (Å²) in [5, 5.41) is 2.81. The maximum absolute atomic E-state index is 11.9. The number of anilines is 1. The Morgan fingerprint density at radius 3 is 3.06 bits per heavy atom. The summed E-state index contributed by atoms with van der Waals surface area (Å²) in [5.41, 5.74) is 6.70. The van der Waals surface area contributed by atoms with Crippen molar-refractivity contribution in [1.29, 1.82) is 0 Å². The number of nitrogens with two attached hydrogens (primary N) is 1. The Kier molecular flexibility index (Phi) is 3.99. The summed E-state index contributed by atoms with van der Waals surface area (Å²) < 4.78 is 0.827. The highest BCUT2D eigenvalue weighted by atomic mass is 79.9. The number of halogens is 1. The van der Waals surface area contributed by atoms with Gasteiger partial charge in [-0.3, -0.25) is 4.79 Å². The van der Waals surface area contributed by atoms with Gasteiger partial charge in [-0.1, -0.05) is 15.9 Å². The number of imidazole rings is 1. The van der Waals surface area contributed by atoms with Crippen molar-refractivity contribution in [2.45, 2.75) is 6.42 Å². The molecule has 5 nitrogen and oxygen atoms in total. The normalized spacial score (nSPS) is 10.3. The summed E-state index contributed by atoms with van der Waals surface area (Å²) in [6.45, 7) is 0.512. The minimum absolute atomic E-state index is 0.180. The summed E-state index contributed by atoms with van der Waals surface area (Å²) >= 11 is 3.31. The van der Waals surface area contributed by atoms with Crippen molar-refractivity contribution in [3.8, 4) is 0 Å². The molecule has 0 aliphatic rings. The average molecular weight is 309 g/mol. The second-order valence-corrected chi connectivity index (χ2v) is 4.69. The summed E-state index contributed by atoms with van der Waals surface area (Å²) in [5.74, 6) is 0.665. The standard InChI is InChI=1S/C12H13BrN4O/c13-8-1-2-10(14)9(7-8)12(18)17-4-3-11-15-5-6-16-11/h1-2,5-7H,3-4,14H2,(H,15,16)(H,17,18). The van der Waals surface area contributed by atoms with Crippen LogP contribution in [-0.2, 0) is 6.42 Å². The number of hydrogen-bond acceptors (Lipinski definition) is 3. The van der Waals surface area contributed by atoms with E-state index >= 15 is 0 Å². The number of nitrogen functional groups attached to an aromatic ring is 1. The summed E-state index contributed by atoms with van der Waals surface area (Å²) in [6.07, 6.45) is 4.10. The first kappa shape index (κ1) is 12.6. The maximum atomic E-state index is 11.9. The monoisotopic (exact) mass is 308 g/mol. The summed E-state index contributed by atoms with van der Waals surface area (Å²) in [6, 6.07) is 5.21. The molecule has 0 atom stereocenters. The van der Waals surface area contributed by atoms with Gasteiger partial charge in [-0.2, -0.15) is 0 Å². The van der Waals surface area contributed by atoms with Crippen LogP contribution in [0.15, 0.2) is 35.1 Å². The van der Waals surface area contributed by atoms with Gasteiger partial charge in [0.15, 0.2) is 0 Å². The van der Waals surface area contributed by atoms with Crippen LogP contribution >= 0.6 is 15.9 Å². The van der Waals surface area contributed by atoms with Crippen molar-refractivity contribution in [3.63, 3.8) is 0 Å². The van der Waals surface area contributed by atoms with Crippen LogP contribution in [0.3, 0.4) is 0 Å². The molecule has 0 bridgehead atoms. The number of nitrogens with zero attached hydrogens (tertiary/aromatic N) is 1. The number of nitrogens with one attached hydrogen (secondary N) is 2. The Bertz CT molecular complexity index is 539. The van der Waals surface area contributed by atoms with E-state index in [-0.39, 0.29) is 5.91 Å². The second-order valence-electron chi connectivity index (χ2n) is 3.77. The number of hydrogen-bond donors (Lipinski definition) is 3. The highest BCUT2D eigenvalue weighted by Gasteiger charge is 2.09. The van der Waals surface area contributed by atoms with Crippen LogP contribution in [0.4, 0.5) is 5.69 Å². The Morgan fingerprint density at radius 2 is 2.33 bits per heavy atom. The third-order valence-electron chi connectivity index (χ3n) is 2.46. The lowest BCUT2D eigenvalue weighted by Crippen LogP contribution is -2.26. The van der Waals surface area contributed by atoms with Crippen LogP contribution in [0.5, 0.6) is 0 Å². The van der Waals surface area contributed by atoms with Crippen LogP contribution in [0.1, 0.15) is 16.2 Å². The first-order valence-corrected chi connectivity index (χ1v) is 6.27. The van der Waals surface area contributed by atoms with Crippen LogP contribution < -0.4 is 11.1 Å². The second kappa shape index (κ2) is 5.68. The number of benzene rings is 1. The van der Waals surface area contributed by atoms with E-state index in [1.807, 2.05) is 0 Å². The molecule has 1 heterocycles. The SMILES string of the molecule is Nc1ccc(Br)cc1C(=O)NCCc1ncc[nH]1. The number of carbonyl (C=O) groups is 1. The van der Waals surface area contributed by atoms with E-state index in [0.29, 0.717) is 24.2 Å². The van der Waals surface area contributed by atoms with Gasteiger partial charge in [0, 0.05) is 35.5 Å². The molecule has 6 heteroatoms. The van der Waals surface area contributed by atoms with Crippen LogP contribution in [-0.4, -0.2) is 22.4 Å². The molecule has 1 aromatic carbocycles. The fourth-order valence-corrected chi connectivity index (χ4v) is 1.91. The van der Waals surface area contributed by atoms with Gasteiger partial charge < -0.3 is 16.0 Å². The first-order chi connectivity index (χ1) is 8.66. The van der Waals surface area contributed by atoms with Crippen LogP contribution in [0.25, 0.3) is 0 Å². The molecular weight excluding hydrogens is 296 g/mol. The fraction of sp³-hybridized carbons (Fsp3) is 0.167. The Morgan fingerprint density at radius 1 is 1.50 bits per heavy atom. The number of aromatic nitrogens is 2. The van der Waals surface area contributed by atoms with Crippen molar-refractivity contribution in [1.82, 2.24) is 15.3 Å².